The number of imidazole rings is 1. The SMILES string of the molecule is Cn1c(COc2ccc(CC3SC(=O)NC3=O)cc2)nc2ccc(Oc3ccccc3N3CCCC3)cc21. The van der Waals surface area contributed by atoms with Crippen molar-refractivity contribution in [3.8, 4) is 17.2 Å². The summed E-state index contributed by atoms with van der Waals surface area (Å²) in [6.07, 6.45) is 2.93. The Kier molecular flexibility index (Phi) is 6.68. The van der Waals surface area contributed by atoms with Crippen molar-refractivity contribution in [2.75, 3.05) is 18.0 Å². The van der Waals surface area contributed by atoms with Gasteiger partial charge in [-0.3, -0.25) is 14.9 Å². The minimum absolute atomic E-state index is 0.230. The van der Waals surface area contributed by atoms with E-state index in [0.29, 0.717) is 18.8 Å². The van der Waals surface area contributed by atoms with E-state index in [2.05, 4.69) is 22.3 Å². The van der Waals surface area contributed by atoms with Gasteiger partial charge in [-0.15, -0.1) is 0 Å². The van der Waals surface area contributed by atoms with Crippen molar-refractivity contribution >= 4 is 39.6 Å². The number of amides is 2. The molecule has 38 heavy (non-hydrogen) atoms. The third kappa shape index (κ3) is 5.06. The summed E-state index contributed by atoms with van der Waals surface area (Å²) in [6, 6.07) is 21.7. The standard InChI is InChI=1S/C29H28N4O4S/c1-32-24-17-21(37-25-7-3-2-6-23(25)33-14-4-5-15-33)12-13-22(24)30-27(32)18-36-20-10-8-19(9-11-20)16-26-28(34)31-29(35)38-26/h2-3,6-13,17,26H,4-5,14-16,18H2,1H3,(H,31,34,35). The van der Waals surface area contributed by atoms with Crippen LogP contribution in [0.5, 0.6) is 17.2 Å². The number of nitrogens with one attached hydrogen (secondary N) is 1. The first-order valence-electron chi connectivity index (χ1n) is 12.7. The van der Waals surface area contributed by atoms with E-state index < -0.39 is 0 Å². The van der Waals surface area contributed by atoms with Crippen molar-refractivity contribution in [2.45, 2.75) is 31.1 Å². The van der Waals surface area contributed by atoms with E-state index in [9.17, 15) is 9.59 Å². The molecule has 194 valence electrons. The maximum atomic E-state index is 11.8. The van der Waals surface area contributed by atoms with E-state index in [1.165, 1.54) is 12.8 Å². The first-order valence-corrected chi connectivity index (χ1v) is 13.6. The van der Waals surface area contributed by atoms with Crippen LogP contribution in [0.3, 0.4) is 0 Å². The van der Waals surface area contributed by atoms with E-state index in [1.54, 1.807) is 0 Å². The molecule has 0 bridgehead atoms. The van der Waals surface area contributed by atoms with Crippen LogP contribution in [0.15, 0.2) is 66.7 Å². The molecule has 1 atom stereocenters. The zero-order chi connectivity index (χ0) is 26.1. The third-order valence-corrected chi connectivity index (χ3v) is 7.95. The first-order chi connectivity index (χ1) is 18.5. The number of fused-ring (bicyclic) bond motifs is 1. The average molecular weight is 529 g/mol. The third-order valence-electron chi connectivity index (χ3n) is 6.96. The molecule has 1 aromatic heterocycles. The highest BCUT2D eigenvalue weighted by atomic mass is 32.2. The molecule has 9 heteroatoms. The fourth-order valence-corrected chi connectivity index (χ4v) is 5.77. The average Bonchev–Trinajstić information content (AvgIpc) is 3.64. The number of carbonyl (C=O) groups excluding carboxylic acids is 2. The van der Waals surface area contributed by atoms with E-state index in [-0.39, 0.29) is 16.4 Å². The summed E-state index contributed by atoms with van der Waals surface area (Å²) in [5.74, 6) is 2.92. The monoisotopic (exact) mass is 528 g/mol. The summed E-state index contributed by atoms with van der Waals surface area (Å²) in [5, 5.41) is 1.66. The van der Waals surface area contributed by atoms with Gasteiger partial charge in [0.25, 0.3) is 5.24 Å². The van der Waals surface area contributed by atoms with Gasteiger partial charge in [-0.05, 0) is 61.2 Å². The summed E-state index contributed by atoms with van der Waals surface area (Å²) < 4.78 is 14.4. The number of imide groups is 1. The number of rotatable bonds is 8. The van der Waals surface area contributed by atoms with Crippen molar-refractivity contribution in [2.24, 2.45) is 7.05 Å². The van der Waals surface area contributed by atoms with Crippen LogP contribution in [0, 0.1) is 0 Å². The van der Waals surface area contributed by atoms with Gasteiger partial charge in [0.1, 0.15) is 23.9 Å². The van der Waals surface area contributed by atoms with Crippen LogP contribution >= 0.6 is 11.8 Å². The largest absolute Gasteiger partial charge is 0.486 e. The molecule has 2 fully saturated rings. The van der Waals surface area contributed by atoms with Crippen LogP contribution in [0.4, 0.5) is 10.5 Å². The number of para-hydroxylation sites is 2. The predicted octanol–water partition coefficient (Wildman–Crippen LogP) is 5.44. The van der Waals surface area contributed by atoms with Crippen molar-refractivity contribution in [1.29, 1.82) is 0 Å². The molecule has 2 aliphatic heterocycles. The maximum absolute atomic E-state index is 11.8. The molecule has 1 N–H and O–H groups in total. The van der Waals surface area contributed by atoms with Gasteiger partial charge in [-0.25, -0.2) is 4.98 Å². The lowest BCUT2D eigenvalue weighted by molar-refractivity contribution is -0.118. The molecule has 2 aliphatic rings. The number of hydrogen-bond acceptors (Lipinski definition) is 7. The number of nitrogens with zero attached hydrogens (tertiary/aromatic N) is 3. The van der Waals surface area contributed by atoms with Gasteiger partial charge < -0.3 is 18.9 Å². The molecule has 0 saturated carbocycles. The van der Waals surface area contributed by atoms with Gasteiger partial charge in [-0.2, -0.15) is 0 Å². The van der Waals surface area contributed by atoms with Crippen molar-refractivity contribution in [1.82, 2.24) is 14.9 Å². The summed E-state index contributed by atoms with van der Waals surface area (Å²) >= 11 is 1.04. The number of carbonyl (C=O) groups is 2. The fourth-order valence-electron chi connectivity index (χ4n) is 4.91. The number of aromatic nitrogens is 2. The van der Waals surface area contributed by atoms with Crippen molar-refractivity contribution in [3.05, 3.63) is 78.1 Å². The maximum Gasteiger partial charge on any atom is 0.286 e. The van der Waals surface area contributed by atoms with Gasteiger partial charge in [0.05, 0.1) is 22.0 Å². The molecular weight excluding hydrogens is 500 g/mol. The zero-order valence-electron chi connectivity index (χ0n) is 21.1. The van der Waals surface area contributed by atoms with Crippen LogP contribution in [0.25, 0.3) is 11.0 Å². The number of thioether (sulfide) groups is 1. The van der Waals surface area contributed by atoms with Crippen molar-refractivity contribution in [3.63, 3.8) is 0 Å². The van der Waals surface area contributed by atoms with Crippen LogP contribution in [-0.2, 0) is 24.9 Å². The lowest BCUT2D eigenvalue weighted by Gasteiger charge is -2.21. The highest BCUT2D eigenvalue weighted by molar-refractivity contribution is 8.15. The van der Waals surface area contributed by atoms with E-state index in [4.69, 9.17) is 14.5 Å². The lowest BCUT2D eigenvalue weighted by atomic mass is 10.1. The van der Waals surface area contributed by atoms with Crippen LogP contribution in [0.1, 0.15) is 24.2 Å². The van der Waals surface area contributed by atoms with Crippen molar-refractivity contribution < 1.29 is 19.1 Å². The molecule has 2 amide bonds. The Hall–Kier alpha value is -3.98. The van der Waals surface area contributed by atoms with E-state index in [1.807, 2.05) is 66.2 Å². The van der Waals surface area contributed by atoms with Gasteiger partial charge >= 0.3 is 0 Å². The second-order valence-corrected chi connectivity index (χ2v) is 10.7. The quantitative estimate of drug-likeness (QED) is 0.326. The number of benzene rings is 3. The topological polar surface area (TPSA) is 85.7 Å². The van der Waals surface area contributed by atoms with E-state index >= 15 is 0 Å². The lowest BCUT2D eigenvalue weighted by Crippen LogP contribution is -2.25. The Balaban J connectivity index is 1.13. The molecule has 2 saturated heterocycles. The number of hydrogen-bond donors (Lipinski definition) is 1. The second kappa shape index (κ2) is 10.4. The number of ether oxygens (including phenoxy) is 2. The first kappa shape index (κ1) is 24.4. The summed E-state index contributed by atoms with van der Waals surface area (Å²) in [4.78, 5) is 30.3. The fraction of sp³-hybridized carbons (Fsp3) is 0.276. The Morgan fingerprint density at radius 3 is 2.53 bits per heavy atom. The molecule has 0 radical (unpaired) electrons. The molecule has 0 aliphatic carbocycles. The minimum Gasteiger partial charge on any atom is -0.486 e. The molecule has 4 aromatic rings. The normalized spacial score (nSPS) is 17.3. The second-order valence-electron chi connectivity index (χ2n) is 9.52. The molecule has 0 spiro atoms. The predicted molar refractivity (Wildman–Crippen MR) is 148 cm³/mol. The van der Waals surface area contributed by atoms with Gasteiger partial charge in [0.2, 0.25) is 5.91 Å². The molecule has 3 heterocycles. The Labute approximate surface area is 224 Å². The van der Waals surface area contributed by atoms with Crippen LogP contribution in [-0.4, -0.2) is 39.0 Å². The summed E-state index contributed by atoms with van der Waals surface area (Å²) in [6.45, 7) is 2.43. The van der Waals surface area contributed by atoms with Gasteiger partial charge in [-0.1, -0.05) is 36.0 Å². The van der Waals surface area contributed by atoms with Gasteiger partial charge in [0, 0.05) is 26.2 Å². The van der Waals surface area contributed by atoms with Crippen LogP contribution < -0.4 is 19.7 Å². The summed E-state index contributed by atoms with van der Waals surface area (Å²) in [7, 11) is 1.98. The Bertz CT molecular complexity index is 1490. The number of anilines is 1. The highest BCUT2D eigenvalue weighted by Gasteiger charge is 2.31. The smallest absolute Gasteiger partial charge is 0.286 e. The zero-order valence-corrected chi connectivity index (χ0v) is 21.9. The minimum atomic E-state index is -0.378. The Morgan fingerprint density at radius 1 is 1.00 bits per heavy atom. The van der Waals surface area contributed by atoms with E-state index in [0.717, 1.165) is 64.5 Å². The Morgan fingerprint density at radius 2 is 1.76 bits per heavy atom. The van der Waals surface area contributed by atoms with Crippen LogP contribution in [0.2, 0.25) is 0 Å². The summed E-state index contributed by atoms with van der Waals surface area (Å²) in [5.41, 5.74) is 3.95. The molecule has 8 nitrogen and oxygen atoms in total. The molecular formula is C29H28N4O4S. The number of aryl methyl sites for hydroxylation is 1. The molecule has 6 rings (SSSR count). The highest BCUT2D eigenvalue weighted by Crippen LogP contribution is 2.35. The van der Waals surface area contributed by atoms with Gasteiger partial charge in [0.15, 0.2) is 5.75 Å². The molecule has 3 aromatic carbocycles. The molecule has 1 unspecified atom stereocenters.